The molecule has 302 valence electrons. The van der Waals surface area contributed by atoms with Crippen molar-refractivity contribution in [1.29, 1.82) is 0 Å². The molecule has 0 aliphatic carbocycles. The van der Waals surface area contributed by atoms with Crippen molar-refractivity contribution >= 4 is 29.8 Å². The van der Waals surface area contributed by atoms with E-state index in [9.17, 15) is 24.0 Å². The quantitative estimate of drug-likeness (QED) is 0.184. The van der Waals surface area contributed by atoms with E-state index in [1.54, 1.807) is 32.9 Å². The third-order valence-corrected chi connectivity index (χ3v) is 9.96. The summed E-state index contributed by atoms with van der Waals surface area (Å²) in [5, 5.41) is 0. The van der Waals surface area contributed by atoms with Gasteiger partial charge in [0.25, 0.3) is 0 Å². The van der Waals surface area contributed by atoms with E-state index in [1.807, 2.05) is 52.0 Å². The Bertz CT molecular complexity index is 1750. The van der Waals surface area contributed by atoms with E-state index in [0.717, 1.165) is 22.3 Å². The van der Waals surface area contributed by atoms with Gasteiger partial charge in [0.05, 0.1) is 11.5 Å². The van der Waals surface area contributed by atoms with Crippen LogP contribution in [0.4, 0.5) is 0 Å². The van der Waals surface area contributed by atoms with Crippen LogP contribution in [0.15, 0.2) is 36.4 Å². The lowest BCUT2D eigenvalue weighted by Gasteiger charge is -2.50. The topological polar surface area (TPSA) is 168 Å². The summed E-state index contributed by atoms with van der Waals surface area (Å²) < 4.78 is 53.4. The molecule has 55 heavy (non-hydrogen) atoms. The molecule has 2 aromatic rings. The smallest absolute Gasteiger partial charge is 0.303 e. The van der Waals surface area contributed by atoms with E-state index in [0.29, 0.717) is 17.9 Å². The third-order valence-electron chi connectivity index (χ3n) is 9.96. The molecular formula is C41H54O14. The van der Waals surface area contributed by atoms with Crippen LogP contribution >= 0.6 is 0 Å². The molecule has 0 amide bonds. The number of benzene rings is 2. The number of rotatable bonds is 12. The molecule has 0 bridgehead atoms. The Labute approximate surface area is 322 Å². The first-order chi connectivity index (χ1) is 25.7. The maximum Gasteiger partial charge on any atom is 0.303 e. The summed E-state index contributed by atoms with van der Waals surface area (Å²) in [6.45, 7) is 18.9. The van der Waals surface area contributed by atoms with Gasteiger partial charge in [0, 0.05) is 40.5 Å². The van der Waals surface area contributed by atoms with Crippen LogP contribution < -0.4 is 9.47 Å². The lowest BCUT2D eigenvalue weighted by molar-refractivity contribution is -0.304. The Balaban J connectivity index is 1.60. The van der Waals surface area contributed by atoms with Crippen molar-refractivity contribution < 1.29 is 66.6 Å². The second-order valence-electron chi connectivity index (χ2n) is 15.0. The van der Waals surface area contributed by atoms with Gasteiger partial charge in [-0.05, 0) is 73.7 Å². The zero-order valence-corrected chi connectivity index (χ0v) is 33.7. The number of carbonyl (C=O) groups excluding carboxylic acids is 5. The molecule has 2 aromatic carbocycles. The van der Waals surface area contributed by atoms with Crippen LogP contribution in [-0.2, 0) is 57.1 Å². The number of ether oxygens (including phenoxy) is 9. The number of hydrogen-bond donors (Lipinski definition) is 0. The summed E-state index contributed by atoms with van der Waals surface area (Å²) in [4.78, 5) is 60.4. The number of hydrogen-bond acceptors (Lipinski definition) is 14. The Hall–Kier alpha value is -4.69. The highest BCUT2D eigenvalue weighted by atomic mass is 16.7. The van der Waals surface area contributed by atoms with Crippen molar-refractivity contribution in [2.45, 2.75) is 138 Å². The fourth-order valence-corrected chi connectivity index (χ4v) is 7.26. The average Bonchev–Trinajstić information content (AvgIpc) is 3.07. The highest BCUT2D eigenvalue weighted by Crippen LogP contribution is 2.43. The lowest BCUT2D eigenvalue weighted by atomic mass is 9.78. The van der Waals surface area contributed by atoms with Gasteiger partial charge in [0.1, 0.15) is 24.2 Å². The minimum Gasteiger partial charge on any atom is -0.464 e. The molecule has 0 radical (unpaired) electrons. The molecule has 2 aliphatic heterocycles. The molecule has 14 nitrogen and oxygen atoms in total. The normalized spacial score (nSPS) is 28.6. The lowest BCUT2D eigenvalue weighted by Crippen LogP contribution is -2.65. The molecule has 0 spiro atoms. The van der Waals surface area contributed by atoms with Gasteiger partial charge in [-0.1, -0.05) is 39.8 Å². The van der Waals surface area contributed by atoms with E-state index >= 15 is 0 Å². The molecule has 2 fully saturated rings. The molecule has 0 N–H and O–H groups in total. The van der Waals surface area contributed by atoms with Crippen molar-refractivity contribution in [3.63, 3.8) is 0 Å². The zero-order chi connectivity index (χ0) is 41.0. The van der Waals surface area contributed by atoms with Crippen molar-refractivity contribution in [3.8, 4) is 22.6 Å². The molecule has 9 atom stereocenters. The summed E-state index contributed by atoms with van der Waals surface area (Å²) in [6, 6.07) is 11.3. The minimum absolute atomic E-state index is 0.265. The molecule has 2 aliphatic rings. The van der Waals surface area contributed by atoms with E-state index in [1.165, 1.54) is 34.6 Å². The van der Waals surface area contributed by atoms with Crippen LogP contribution in [0.2, 0.25) is 0 Å². The Morgan fingerprint density at radius 3 is 1.60 bits per heavy atom. The zero-order valence-electron chi connectivity index (χ0n) is 33.7. The molecule has 0 saturated carbocycles. The van der Waals surface area contributed by atoms with E-state index in [-0.39, 0.29) is 18.6 Å². The number of aryl methyl sites for hydroxylation is 2. The van der Waals surface area contributed by atoms with Gasteiger partial charge >= 0.3 is 29.8 Å². The highest BCUT2D eigenvalue weighted by molar-refractivity contribution is 5.70. The summed E-state index contributed by atoms with van der Waals surface area (Å²) in [5.41, 5.74) is 0.822. The highest BCUT2D eigenvalue weighted by Gasteiger charge is 2.58. The van der Waals surface area contributed by atoms with Crippen molar-refractivity contribution in [1.82, 2.24) is 0 Å². The van der Waals surface area contributed by atoms with Gasteiger partial charge in [-0.15, -0.1) is 0 Å². The Morgan fingerprint density at radius 1 is 0.655 bits per heavy atom. The van der Waals surface area contributed by atoms with Crippen LogP contribution in [0.5, 0.6) is 11.5 Å². The largest absolute Gasteiger partial charge is 0.464 e. The summed E-state index contributed by atoms with van der Waals surface area (Å²) in [5.74, 6) is -2.14. The van der Waals surface area contributed by atoms with Gasteiger partial charge in [-0.25, -0.2) is 0 Å². The first-order valence-electron chi connectivity index (χ1n) is 18.4. The molecule has 4 rings (SSSR count). The fraction of sp³-hybridized carbons (Fsp3) is 0.585. The summed E-state index contributed by atoms with van der Waals surface area (Å²) >= 11 is 0. The molecule has 0 aromatic heterocycles. The number of carbonyl (C=O) groups is 5. The fourth-order valence-electron chi connectivity index (χ4n) is 7.26. The first-order valence-corrected chi connectivity index (χ1v) is 18.4. The van der Waals surface area contributed by atoms with Crippen LogP contribution in [0.1, 0.15) is 86.8 Å². The van der Waals surface area contributed by atoms with E-state index < -0.39 is 77.9 Å². The van der Waals surface area contributed by atoms with Crippen molar-refractivity contribution in [3.05, 3.63) is 47.5 Å². The molecule has 14 heteroatoms. The van der Waals surface area contributed by atoms with Gasteiger partial charge in [0.2, 0.25) is 18.2 Å². The van der Waals surface area contributed by atoms with Crippen LogP contribution in [-0.4, -0.2) is 85.2 Å². The Morgan fingerprint density at radius 2 is 1.15 bits per heavy atom. The minimum atomic E-state index is -1.43. The molecule has 2 heterocycles. The molecular weight excluding hydrogens is 716 g/mol. The van der Waals surface area contributed by atoms with Gasteiger partial charge in [-0.3, -0.25) is 24.0 Å². The van der Waals surface area contributed by atoms with Gasteiger partial charge in [0.15, 0.2) is 18.3 Å². The first kappa shape index (κ1) is 43.0. The van der Waals surface area contributed by atoms with E-state index in [4.69, 9.17) is 42.6 Å². The van der Waals surface area contributed by atoms with Crippen molar-refractivity contribution in [2.24, 2.45) is 11.3 Å². The standard InChI is InChI=1S/C41H54O14/c1-13-31-23(4)36(49-26(7)44)41(12,55-28(9)46)39(51-31)53-33-17-15-30(19-22(33)3)29-14-16-32(21(2)18-29)52-38-40(10,11)37(50-27(8)45)35(48-25(6)43)34(54-38)20-47-24(5)42/h14-19,23,31,34-39H,13,20H2,1-12H3/t23-,31-,34-,35-,36+,37+,38+,39-,41+/m1/s1. The molecule has 0 unspecified atom stereocenters. The molecule has 2 saturated heterocycles. The van der Waals surface area contributed by atoms with Crippen LogP contribution in [0, 0.1) is 25.2 Å². The summed E-state index contributed by atoms with van der Waals surface area (Å²) in [7, 11) is 0. The second-order valence-corrected chi connectivity index (χ2v) is 15.0. The van der Waals surface area contributed by atoms with Crippen molar-refractivity contribution in [2.75, 3.05) is 6.61 Å². The van der Waals surface area contributed by atoms with Gasteiger partial charge in [-0.2, -0.15) is 0 Å². The Kier molecular flexibility index (Phi) is 13.6. The predicted octanol–water partition coefficient (Wildman–Crippen LogP) is 5.93. The predicted molar refractivity (Wildman–Crippen MR) is 197 cm³/mol. The van der Waals surface area contributed by atoms with Gasteiger partial charge < -0.3 is 42.6 Å². The SMILES string of the molecule is CC[C@H]1O[C@H](Oc2ccc(-c3ccc(O[C@H]4O[C@H](COC(C)=O)[C@@H](OC(C)=O)[C@H](OC(C)=O)C4(C)C)c(C)c3)cc2C)[C@@](C)(OC(C)=O)[C@@H](OC(C)=O)[C@@H]1C. The van der Waals surface area contributed by atoms with Crippen LogP contribution in [0.3, 0.4) is 0 Å². The maximum absolute atomic E-state index is 12.3. The summed E-state index contributed by atoms with van der Waals surface area (Å²) in [6.07, 6.45) is -5.66. The third kappa shape index (κ3) is 9.95. The average molecular weight is 771 g/mol. The van der Waals surface area contributed by atoms with Crippen LogP contribution in [0.25, 0.3) is 11.1 Å². The number of esters is 5. The monoisotopic (exact) mass is 770 g/mol. The van der Waals surface area contributed by atoms with E-state index in [2.05, 4.69) is 0 Å². The second kappa shape index (κ2) is 17.4. The maximum atomic E-state index is 12.3.